The van der Waals surface area contributed by atoms with Crippen molar-refractivity contribution in [3.05, 3.63) is 55.9 Å². The van der Waals surface area contributed by atoms with Crippen molar-refractivity contribution in [2.24, 2.45) is 5.92 Å². The van der Waals surface area contributed by atoms with E-state index in [9.17, 15) is 9.59 Å². The van der Waals surface area contributed by atoms with Crippen LogP contribution >= 0.6 is 11.3 Å². The maximum Gasteiger partial charge on any atom is 0.263 e. The van der Waals surface area contributed by atoms with Crippen LogP contribution in [0.1, 0.15) is 67.5 Å². The molecule has 2 heterocycles. The molecule has 0 fully saturated rings. The smallest absolute Gasteiger partial charge is 0.263 e. The summed E-state index contributed by atoms with van der Waals surface area (Å²) in [7, 11) is 0. The molecule has 2 aromatic heterocycles. The largest absolute Gasteiger partial charge is 0.324 e. The molecule has 0 radical (unpaired) electrons. The number of fused-ring (bicyclic) bond motifs is 3. The van der Waals surface area contributed by atoms with Crippen molar-refractivity contribution in [1.29, 1.82) is 0 Å². The molecule has 0 saturated carbocycles. The Morgan fingerprint density at radius 2 is 1.97 bits per heavy atom. The van der Waals surface area contributed by atoms with Crippen molar-refractivity contribution in [3.63, 3.8) is 0 Å². The number of hydrogen-bond donors (Lipinski definition) is 1. The van der Waals surface area contributed by atoms with E-state index in [0.29, 0.717) is 11.7 Å². The Bertz CT molecular complexity index is 1190. The van der Waals surface area contributed by atoms with E-state index < -0.39 is 6.04 Å². The molecule has 6 heteroatoms. The van der Waals surface area contributed by atoms with Crippen LogP contribution < -0.4 is 10.9 Å². The number of rotatable bonds is 5. The van der Waals surface area contributed by atoms with Gasteiger partial charge in [-0.3, -0.25) is 14.2 Å². The molecule has 3 aromatic rings. The second kappa shape index (κ2) is 8.58. The number of para-hydroxylation sites is 1. The minimum Gasteiger partial charge on any atom is -0.324 e. The molecule has 1 aromatic carbocycles. The number of benzene rings is 1. The van der Waals surface area contributed by atoms with Gasteiger partial charge in [0, 0.05) is 10.6 Å². The molecule has 0 saturated heterocycles. The van der Waals surface area contributed by atoms with Gasteiger partial charge in [-0.1, -0.05) is 39.0 Å². The fourth-order valence-electron chi connectivity index (χ4n) is 4.71. The third kappa shape index (κ3) is 3.82. The summed E-state index contributed by atoms with van der Waals surface area (Å²) in [5, 5.41) is 3.84. The predicted molar refractivity (Wildman–Crippen MR) is 128 cm³/mol. The first kappa shape index (κ1) is 21.8. The second-order valence-electron chi connectivity index (χ2n) is 8.69. The molecule has 1 amide bonds. The number of aromatic nitrogens is 2. The highest BCUT2D eigenvalue weighted by atomic mass is 32.1. The number of thiophene rings is 1. The molecule has 1 N–H and O–H groups in total. The molecule has 1 aliphatic rings. The van der Waals surface area contributed by atoms with Gasteiger partial charge in [0.2, 0.25) is 5.91 Å². The maximum absolute atomic E-state index is 13.6. The van der Waals surface area contributed by atoms with Gasteiger partial charge >= 0.3 is 0 Å². The van der Waals surface area contributed by atoms with Gasteiger partial charge < -0.3 is 5.32 Å². The van der Waals surface area contributed by atoms with E-state index >= 15 is 0 Å². The average Bonchev–Trinajstić information content (AvgIpc) is 3.10. The van der Waals surface area contributed by atoms with E-state index in [-0.39, 0.29) is 11.5 Å². The quantitative estimate of drug-likeness (QED) is 0.595. The van der Waals surface area contributed by atoms with Crippen LogP contribution in [0.2, 0.25) is 0 Å². The average molecular weight is 438 g/mol. The van der Waals surface area contributed by atoms with Gasteiger partial charge in [-0.2, -0.15) is 0 Å². The van der Waals surface area contributed by atoms with Gasteiger partial charge in [0.1, 0.15) is 16.7 Å². The summed E-state index contributed by atoms with van der Waals surface area (Å²) in [6.45, 7) is 10.0. The Kier molecular flexibility index (Phi) is 6.02. The minimum absolute atomic E-state index is 0.0864. The highest BCUT2D eigenvalue weighted by Gasteiger charge is 2.27. The van der Waals surface area contributed by atoms with E-state index in [1.54, 1.807) is 22.8 Å². The second-order valence-corrected chi connectivity index (χ2v) is 9.77. The molecule has 0 bridgehead atoms. The van der Waals surface area contributed by atoms with Crippen molar-refractivity contribution in [2.45, 2.75) is 72.8 Å². The lowest BCUT2D eigenvalue weighted by Crippen LogP contribution is -2.34. The van der Waals surface area contributed by atoms with Crippen LogP contribution in [0.25, 0.3) is 10.2 Å². The van der Waals surface area contributed by atoms with E-state index in [0.717, 1.165) is 64.7 Å². The van der Waals surface area contributed by atoms with Crippen molar-refractivity contribution in [1.82, 2.24) is 9.55 Å². The zero-order chi connectivity index (χ0) is 22.3. The zero-order valence-electron chi connectivity index (χ0n) is 19.0. The van der Waals surface area contributed by atoms with E-state index in [4.69, 9.17) is 4.98 Å². The Labute approximate surface area is 187 Å². The molecule has 4 rings (SSSR count). The molecule has 1 aliphatic carbocycles. The van der Waals surface area contributed by atoms with Crippen LogP contribution in [0.5, 0.6) is 0 Å². The van der Waals surface area contributed by atoms with Gasteiger partial charge in [-0.25, -0.2) is 4.98 Å². The van der Waals surface area contributed by atoms with E-state index in [2.05, 4.69) is 26.1 Å². The summed E-state index contributed by atoms with van der Waals surface area (Å²) in [5.74, 6) is 1.05. The lowest BCUT2D eigenvalue weighted by Gasteiger charge is -2.21. The molecule has 2 atom stereocenters. The summed E-state index contributed by atoms with van der Waals surface area (Å²) in [4.78, 5) is 33.7. The highest BCUT2D eigenvalue weighted by Crippen LogP contribution is 2.36. The number of amides is 1. The van der Waals surface area contributed by atoms with Crippen LogP contribution in [0, 0.1) is 12.8 Å². The van der Waals surface area contributed by atoms with Gasteiger partial charge in [-0.05, 0) is 68.6 Å². The summed E-state index contributed by atoms with van der Waals surface area (Å²) in [5.41, 5.74) is 4.17. The van der Waals surface area contributed by atoms with Crippen LogP contribution in [-0.2, 0) is 30.5 Å². The Morgan fingerprint density at radius 3 is 2.61 bits per heavy atom. The first-order valence-electron chi connectivity index (χ1n) is 11.3. The van der Waals surface area contributed by atoms with Crippen molar-refractivity contribution in [3.8, 4) is 0 Å². The highest BCUT2D eigenvalue weighted by molar-refractivity contribution is 7.18. The van der Waals surface area contributed by atoms with Crippen molar-refractivity contribution < 1.29 is 4.79 Å². The molecule has 31 heavy (non-hydrogen) atoms. The number of aryl methyl sites for hydroxylation is 4. The Hall–Kier alpha value is -2.47. The van der Waals surface area contributed by atoms with Gasteiger partial charge in [0.25, 0.3) is 5.56 Å². The first-order valence-corrected chi connectivity index (χ1v) is 12.1. The molecule has 2 unspecified atom stereocenters. The van der Waals surface area contributed by atoms with Crippen LogP contribution in [-0.4, -0.2) is 15.5 Å². The third-order valence-corrected chi connectivity index (χ3v) is 7.70. The summed E-state index contributed by atoms with van der Waals surface area (Å²) < 4.78 is 1.57. The molecule has 164 valence electrons. The number of nitrogens with one attached hydrogen (secondary N) is 1. The summed E-state index contributed by atoms with van der Waals surface area (Å²) in [6, 6.07) is 5.48. The standard InChI is InChI=1S/C25H31N3O2S/c1-6-17-9-8-10-18(7-2)22(17)27-23(29)15(4)28-16(5)26-24-21(25(28)30)19-12-11-14(3)13-20(19)31-24/h8-10,14-15H,6-7,11-13H2,1-5H3,(H,27,29). The number of hydrogen-bond acceptors (Lipinski definition) is 4. The fourth-order valence-corrected chi connectivity index (χ4v) is 6.13. The van der Waals surface area contributed by atoms with E-state index in [1.165, 1.54) is 4.88 Å². The number of nitrogens with zero attached hydrogens (tertiary/aromatic N) is 2. The predicted octanol–water partition coefficient (Wildman–Crippen LogP) is 5.22. The van der Waals surface area contributed by atoms with Gasteiger partial charge in [0.15, 0.2) is 0 Å². The summed E-state index contributed by atoms with van der Waals surface area (Å²) >= 11 is 1.65. The zero-order valence-corrected chi connectivity index (χ0v) is 19.9. The van der Waals surface area contributed by atoms with Gasteiger partial charge in [-0.15, -0.1) is 11.3 Å². The van der Waals surface area contributed by atoms with Crippen LogP contribution in [0.3, 0.4) is 0 Å². The maximum atomic E-state index is 13.6. The first-order chi connectivity index (χ1) is 14.8. The molecule has 0 aliphatic heterocycles. The number of anilines is 1. The van der Waals surface area contributed by atoms with Crippen LogP contribution in [0.15, 0.2) is 23.0 Å². The Balaban J connectivity index is 1.74. The molecule has 5 nitrogen and oxygen atoms in total. The minimum atomic E-state index is -0.642. The molecule has 0 spiro atoms. The summed E-state index contributed by atoms with van der Waals surface area (Å²) in [6.07, 6.45) is 4.70. The monoisotopic (exact) mass is 437 g/mol. The number of carbonyl (C=O) groups is 1. The van der Waals surface area contributed by atoms with Crippen molar-refractivity contribution >= 4 is 33.1 Å². The van der Waals surface area contributed by atoms with Crippen molar-refractivity contribution in [2.75, 3.05) is 5.32 Å². The SMILES string of the molecule is CCc1cccc(CC)c1NC(=O)C(C)n1c(C)nc2sc3c(c2c1=O)CCC(C)C3. The molecular weight excluding hydrogens is 406 g/mol. The normalized spacial score (nSPS) is 16.9. The Morgan fingerprint density at radius 1 is 1.29 bits per heavy atom. The van der Waals surface area contributed by atoms with E-state index in [1.807, 2.05) is 25.1 Å². The topological polar surface area (TPSA) is 64.0 Å². The lowest BCUT2D eigenvalue weighted by molar-refractivity contribution is -0.118. The third-order valence-electron chi connectivity index (χ3n) is 6.55. The number of carbonyl (C=O) groups excluding carboxylic acids is 1. The van der Waals surface area contributed by atoms with Gasteiger partial charge in [0.05, 0.1) is 5.39 Å². The lowest BCUT2D eigenvalue weighted by atomic mass is 9.89. The fraction of sp³-hybridized carbons (Fsp3) is 0.480. The van der Waals surface area contributed by atoms with Crippen LogP contribution in [0.4, 0.5) is 5.69 Å². The molecular formula is C25H31N3O2S.